The summed E-state index contributed by atoms with van der Waals surface area (Å²) in [7, 11) is 0. The third kappa shape index (κ3) is 3.72. The van der Waals surface area contributed by atoms with E-state index >= 15 is 0 Å². The van der Waals surface area contributed by atoms with Crippen LogP contribution in [-0.4, -0.2) is 12.1 Å². The Balaban J connectivity index is 2.43. The van der Waals surface area contributed by atoms with E-state index in [0.29, 0.717) is 5.92 Å². The highest BCUT2D eigenvalue weighted by molar-refractivity contribution is 5.66. The molecule has 1 aliphatic carbocycles. The van der Waals surface area contributed by atoms with Crippen molar-refractivity contribution in [3.63, 3.8) is 0 Å². The Hall–Kier alpha value is -1.05. The second-order valence-corrected chi connectivity index (χ2v) is 5.53. The van der Waals surface area contributed by atoms with Gasteiger partial charge in [-0.05, 0) is 31.6 Å². The van der Waals surface area contributed by atoms with Crippen LogP contribution < -0.4 is 0 Å². The minimum absolute atomic E-state index is 0.0256. The normalized spacial score (nSPS) is 24.8. The SMILES string of the molecule is CC(=O)OC(C)CC=CC1CC=C(C)C1(C)C. The first-order valence-corrected chi connectivity index (χ1v) is 6.35. The molecule has 0 saturated carbocycles. The van der Waals surface area contributed by atoms with Crippen LogP contribution in [0, 0.1) is 11.3 Å². The second-order valence-electron chi connectivity index (χ2n) is 5.53. The van der Waals surface area contributed by atoms with Gasteiger partial charge in [-0.15, -0.1) is 0 Å². The van der Waals surface area contributed by atoms with Gasteiger partial charge >= 0.3 is 5.97 Å². The molecule has 0 aromatic heterocycles. The van der Waals surface area contributed by atoms with Crippen LogP contribution in [0.2, 0.25) is 0 Å². The summed E-state index contributed by atoms with van der Waals surface area (Å²) in [6.07, 6.45) is 8.63. The van der Waals surface area contributed by atoms with Crippen molar-refractivity contribution < 1.29 is 9.53 Å². The number of hydrogen-bond acceptors (Lipinski definition) is 2. The smallest absolute Gasteiger partial charge is 0.302 e. The first-order chi connectivity index (χ1) is 7.84. The van der Waals surface area contributed by atoms with E-state index in [0.717, 1.165) is 12.8 Å². The van der Waals surface area contributed by atoms with E-state index in [-0.39, 0.29) is 17.5 Å². The van der Waals surface area contributed by atoms with Gasteiger partial charge in [0.2, 0.25) is 0 Å². The molecule has 0 aromatic carbocycles. The molecular weight excluding hydrogens is 212 g/mol. The molecule has 0 fully saturated rings. The zero-order valence-corrected chi connectivity index (χ0v) is 11.6. The van der Waals surface area contributed by atoms with Crippen molar-refractivity contribution in [2.75, 3.05) is 0 Å². The summed E-state index contributed by atoms with van der Waals surface area (Å²) in [5, 5.41) is 0. The average molecular weight is 236 g/mol. The molecule has 1 rings (SSSR count). The van der Waals surface area contributed by atoms with E-state index in [1.54, 1.807) is 0 Å². The van der Waals surface area contributed by atoms with E-state index in [1.165, 1.54) is 12.5 Å². The van der Waals surface area contributed by atoms with Gasteiger partial charge in [-0.25, -0.2) is 0 Å². The van der Waals surface area contributed by atoms with Gasteiger partial charge in [0.1, 0.15) is 6.10 Å². The first-order valence-electron chi connectivity index (χ1n) is 6.35. The van der Waals surface area contributed by atoms with Gasteiger partial charge in [-0.2, -0.15) is 0 Å². The van der Waals surface area contributed by atoms with Crippen molar-refractivity contribution in [1.82, 2.24) is 0 Å². The molecule has 2 unspecified atom stereocenters. The molecule has 1 aliphatic rings. The summed E-state index contributed by atoms with van der Waals surface area (Å²) < 4.78 is 5.08. The van der Waals surface area contributed by atoms with Crippen LogP contribution in [0.1, 0.15) is 47.5 Å². The topological polar surface area (TPSA) is 26.3 Å². The summed E-state index contributed by atoms with van der Waals surface area (Å²) in [6, 6.07) is 0. The van der Waals surface area contributed by atoms with Crippen LogP contribution in [0.4, 0.5) is 0 Å². The zero-order chi connectivity index (χ0) is 13.1. The average Bonchev–Trinajstić information content (AvgIpc) is 2.43. The molecule has 0 radical (unpaired) electrons. The van der Waals surface area contributed by atoms with Crippen molar-refractivity contribution in [3.05, 3.63) is 23.8 Å². The van der Waals surface area contributed by atoms with Gasteiger partial charge < -0.3 is 4.74 Å². The summed E-state index contributed by atoms with van der Waals surface area (Å²) in [4.78, 5) is 10.8. The molecule has 0 saturated heterocycles. The highest BCUT2D eigenvalue weighted by Gasteiger charge is 2.32. The maximum absolute atomic E-state index is 10.8. The highest BCUT2D eigenvalue weighted by Crippen LogP contribution is 2.43. The molecule has 17 heavy (non-hydrogen) atoms. The third-order valence-electron chi connectivity index (χ3n) is 3.82. The number of carbonyl (C=O) groups is 1. The van der Waals surface area contributed by atoms with Crippen LogP contribution in [0.15, 0.2) is 23.8 Å². The Morgan fingerprint density at radius 1 is 1.65 bits per heavy atom. The monoisotopic (exact) mass is 236 g/mol. The van der Waals surface area contributed by atoms with Crippen LogP contribution in [0.3, 0.4) is 0 Å². The molecule has 0 aromatic rings. The van der Waals surface area contributed by atoms with E-state index in [1.807, 2.05) is 6.92 Å². The van der Waals surface area contributed by atoms with Crippen molar-refractivity contribution in [1.29, 1.82) is 0 Å². The number of carbonyl (C=O) groups excluding carboxylic acids is 1. The lowest BCUT2D eigenvalue weighted by molar-refractivity contribution is -0.145. The lowest BCUT2D eigenvalue weighted by Crippen LogP contribution is -2.18. The van der Waals surface area contributed by atoms with Crippen molar-refractivity contribution in [2.45, 2.75) is 53.6 Å². The van der Waals surface area contributed by atoms with Gasteiger partial charge in [0.15, 0.2) is 0 Å². The number of esters is 1. The third-order valence-corrected chi connectivity index (χ3v) is 3.82. The Morgan fingerprint density at radius 3 is 2.76 bits per heavy atom. The summed E-state index contributed by atoms with van der Waals surface area (Å²) in [5.41, 5.74) is 1.74. The molecule has 0 bridgehead atoms. The lowest BCUT2D eigenvalue weighted by atomic mass is 9.77. The predicted molar refractivity (Wildman–Crippen MR) is 70.6 cm³/mol. The maximum Gasteiger partial charge on any atom is 0.302 e. The number of hydrogen-bond donors (Lipinski definition) is 0. The second kappa shape index (κ2) is 5.52. The van der Waals surface area contributed by atoms with Crippen molar-refractivity contribution >= 4 is 5.97 Å². The Kier molecular flexibility index (Phi) is 4.55. The predicted octanol–water partition coefficient (Wildman–Crippen LogP) is 3.88. The van der Waals surface area contributed by atoms with Crippen molar-refractivity contribution in [2.24, 2.45) is 11.3 Å². The standard InChI is InChI=1S/C15H24O2/c1-11-9-10-14(15(11,4)5)8-6-7-12(2)17-13(3)16/h6,8-9,12,14H,7,10H2,1-5H3. The molecule has 0 heterocycles. The van der Waals surface area contributed by atoms with Crippen molar-refractivity contribution in [3.8, 4) is 0 Å². The quantitative estimate of drug-likeness (QED) is 0.547. The minimum Gasteiger partial charge on any atom is -0.463 e. The molecule has 2 heteroatoms. The summed E-state index contributed by atoms with van der Waals surface area (Å²) >= 11 is 0. The molecule has 2 nitrogen and oxygen atoms in total. The fraction of sp³-hybridized carbons (Fsp3) is 0.667. The fourth-order valence-corrected chi connectivity index (χ4v) is 2.24. The summed E-state index contributed by atoms with van der Waals surface area (Å²) in [5.74, 6) is 0.372. The molecule has 0 aliphatic heterocycles. The van der Waals surface area contributed by atoms with E-state index in [4.69, 9.17) is 4.74 Å². The Bertz CT molecular complexity index is 337. The number of rotatable bonds is 4. The van der Waals surface area contributed by atoms with Gasteiger partial charge in [0.05, 0.1) is 0 Å². The molecule has 96 valence electrons. The largest absolute Gasteiger partial charge is 0.463 e. The maximum atomic E-state index is 10.8. The minimum atomic E-state index is -0.204. The Labute approximate surface area is 105 Å². The first kappa shape index (κ1) is 14.0. The number of allylic oxidation sites excluding steroid dienone is 3. The highest BCUT2D eigenvalue weighted by atomic mass is 16.5. The van der Waals surface area contributed by atoms with Crippen LogP contribution in [0.25, 0.3) is 0 Å². The Morgan fingerprint density at radius 2 is 2.29 bits per heavy atom. The summed E-state index contributed by atoms with van der Waals surface area (Å²) in [6.45, 7) is 10.2. The molecule has 0 spiro atoms. The van der Waals surface area contributed by atoms with Crippen LogP contribution in [-0.2, 0) is 9.53 Å². The molecule has 2 atom stereocenters. The van der Waals surface area contributed by atoms with Gasteiger partial charge in [-0.1, -0.05) is 37.6 Å². The van der Waals surface area contributed by atoms with Crippen LogP contribution in [0.5, 0.6) is 0 Å². The number of ether oxygens (including phenoxy) is 1. The lowest BCUT2D eigenvalue weighted by Gasteiger charge is -2.27. The van der Waals surface area contributed by atoms with Gasteiger partial charge in [0.25, 0.3) is 0 Å². The molecular formula is C15H24O2. The zero-order valence-electron chi connectivity index (χ0n) is 11.6. The van der Waals surface area contributed by atoms with Crippen LogP contribution >= 0.6 is 0 Å². The van der Waals surface area contributed by atoms with E-state index < -0.39 is 0 Å². The fourth-order valence-electron chi connectivity index (χ4n) is 2.24. The molecule has 0 N–H and O–H groups in total. The van der Waals surface area contributed by atoms with Gasteiger partial charge in [-0.3, -0.25) is 4.79 Å². The molecule has 0 amide bonds. The van der Waals surface area contributed by atoms with E-state index in [9.17, 15) is 4.79 Å². The van der Waals surface area contributed by atoms with Gasteiger partial charge in [0, 0.05) is 13.3 Å². The van der Waals surface area contributed by atoms with E-state index in [2.05, 4.69) is 39.0 Å².